The average Bonchev–Trinajstić information content (AvgIpc) is 3.20. The van der Waals surface area contributed by atoms with Gasteiger partial charge in [-0.25, -0.2) is 4.98 Å². The first kappa shape index (κ1) is 21.2. The number of ether oxygens (including phenoxy) is 1. The fourth-order valence-electron chi connectivity index (χ4n) is 3.86. The molecule has 0 aliphatic heterocycles. The fourth-order valence-corrected chi connectivity index (χ4v) is 5.07. The van der Waals surface area contributed by atoms with Gasteiger partial charge >= 0.3 is 0 Å². The molecule has 0 saturated heterocycles. The first-order valence-electron chi connectivity index (χ1n) is 10.3. The Labute approximate surface area is 200 Å². The van der Waals surface area contributed by atoms with E-state index in [9.17, 15) is 4.79 Å². The van der Waals surface area contributed by atoms with Gasteiger partial charge in [-0.1, -0.05) is 60.1 Å². The molecule has 0 unspecified atom stereocenters. The van der Waals surface area contributed by atoms with Crippen molar-refractivity contribution in [3.63, 3.8) is 0 Å². The van der Waals surface area contributed by atoms with Crippen molar-refractivity contribution in [2.45, 2.75) is 0 Å². The predicted molar refractivity (Wildman–Crippen MR) is 136 cm³/mol. The van der Waals surface area contributed by atoms with Crippen molar-refractivity contribution in [3.8, 4) is 28.1 Å². The number of para-hydroxylation sites is 1. The number of ketones is 1. The van der Waals surface area contributed by atoms with Gasteiger partial charge < -0.3 is 10.5 Å². The third-order valence-corrected chi connectivity index (χ3v) is 6.83. The van der Waals surface area contributed by atoms with Crippen LogP contribution in [0.3, 0.4) is 0 Å². The summed E-state index contributed by atoms with van der Waals surface area (Å²) < 4.78 is 5.63. The summed E-state index contributed by atoms with van der Waals surface area (Å²) in [5.74, 6) is 0.569. The molecule has 2 N–H and O–H groups in total. The number of fused-ring (bicyclic) bond motifs is 1. The second-order valence-electron chi connectivity index (χ2n) is 7.48. The number of hydrogen-bond donors (Lipinski definition) is 1. The van der Waals surface area contributed by atoms with Crippen LogP contribution >= 0.6 is 22.9 Å². The van der Waals surface area contributed by atoms with Gasteiger partial charge in [0.15, 0.2) is 0 Å². The number of hydrogen-bond acceptors (Lipinski definition) is 5. The second kappa shape index (κ2) is 8.70. The predicted octanol–water partition coefficient (Wildman–Crippen LogP) is 7.11. The van der Waals surface area contributed by atoms with Crippen LogP contribution in [0.2, 0.25) is 5.02 Å². The summed E-state index contributed by atoms with van der Waals surface area (Å²) in [4.78, 5) is 19.4. The first-order chi connectivity index (χ1) is 16.1. The molecule has 0 radical (unpaired) electrons. The molecule has 33 heavy (non-hydrogen) atoms. The standard InChI is InChI=1S/C27H19ClN2O2S/c1-32-22-10-6-5-9-19(22)20-15-21(16-7-3-2-4-8-16)30-27-23(20)24(29)26(33-27)25(31)17-11-13-18(28)14-12-17/h2-15H,29H2,1H3. The Morgan fingerprint density at radius 1 is 0.939 bits per heavy atom. The summed E-state index contributed by atoms with van der Waals surface area (Å²) in [5.41, 5.74) is 11.1. The molecule has 0 aliphatic rings. The van der Waals surface area contributed by atoms with E-state index >= 15 is 0 Å². The highest BCUT2D eigenvalue weighted by Crippen LogP contribution is 2.44. The summed E-state index contributed by atoms with van der Waals surface area (Å²) >= 11 is 7.30. The van der Waals surface area contributed by atoms with Crippen molar-refractivity contribution in [2.75, 3.05) is 12.8 Å². The molecule has 6 heteroatoms. The zero-order chi connectivity index (χ0) is 22.9. The number of halogens is 1. The van der Waals surface area contributed by atoms with E-state index in [1.54, 1.807) is 31.4 Å². The number of rotatable bonds is 5. The van der Waals surface area contributed by atoms with Crippen molar-refractivity contribution in [3.05, 3.63) is 100 Å². The molecule has 0 saturated carbocycles. The molecular weight excluding hydrogens is 452 g/mol. The molecule has 162 valence electrons. The minimum Gasteiger partial charge on any atom is -0.496 e. The summed E-state index contributed by atoms with van der Waals surface area (Å²) in [7, 11) is 1.64. The number of carbonyl (C=O) groups excluding carboxylic acids is 1. The maximum Gasteiger partial charge on any atom is 0.205 e. The summed E-state index contributed by atoms with van der Waals surface area (Å²) in [6, 6.07) is 26.5. The van der Waals surface area contributed by atoms with E-state index in [2.05, 4.69) is 0 Å². The van der Waals surface area contributed by atoms with Crippen LogP contribution < -0.4 is 10.5 Å². The lowest BCUT2D eigenvalue weighted by Gasteiger charge is -2.12. The van der Waals surface area contributed by atoms with Crippen LogP contribution in [-0.2, 0) is 0 Å². The molecule has 2 heterocycles. The Morgan fingerprint density at radius 3 is 2.36 bits per heavy atom. The lowest BCUT2D eigenvalue weighted by Crippen LogP contribution is -2.02. The number of aromatic nitrogens is 1. The first-order valence-corrected chi connectivity index (χ1v) is 11.5. The molecule has 0 bridgehead atoms. The molecule has 3 aromatic carbocycles. The molecule has 5 rings (SSSR count). The monoisotopic (exact) mass is 470 g/mol. The maximum atomic E-state index is 13.3. The van der Waals surface area contributed by atoms with E-state index in [0.717, 1.165) is 33.5 Å². The van der Waals surface area contributed by atoms with Gasteiger partial charge in [-0.3, -0.25) is 4.79 Å². The normalized spacial score (nSPS) is 11.0. The number of carbonyl (C=O) groups is 1. The molecule has 0 aliphatic carbocycles. The minimum absolute atomic E-state index is 0.153. The fraction of sp³-hybridized carbons (Fsp3) is 0.0370. The highest BCUT2D eigenvalue weighted by atomic mass is 35.5. The Morgan fingerprint density at radius 2 is 1.64 bits per heavy atom. The van der Waals surface area contributed by atoms with Gasteiger partial charge in [0.1, 0.15) is 15.5 Å². The van der Waals surface area contributed by atoms with E-state index < -0.39 is 0 Å². The smallest absolute Gasteiger partial charge is 0.205 e. The van der Waals surface area contributed by atoms with E-state index in [4.69, 9.17) is 27.1 Å². The lowest BCUT2D eigenvalue weighted by atomic mass is 9.98. The van der Waals surface area contributed by atoms with E-state index in [1.807, 2.05) is 60.7 Å². The molecular formula is C27H19ClN2O2S. The van der Waals surface area contributed by atoms with Gasteiger partial charge in [0.2, 0.25) is 5.78 Å². The Hall–Kier alpha value is -3.67. The average molecular weight is 471 g/mol. The number of benzene rings is 3. The van der Waals surface area contributed by atoms with Crippen molar-refractivity contribution in [2.24, 2.45) is 0 Å². The van der Waals surface area contributed by atoms with E-state index in [1.165, 1.54) is 11.3 Å². The Kier molecular flexibility index (Phi) is 5.58. The van der Waals surface area contributed by atoms with Crippen LogP contribution in [0.5, 0.6) is 5.75 Å². The number of methoxy groups -OCH3 is 1. The topological polar surface area (TPSA) is 65.2 Å². The highest BCUT2D eigenvalue weighted by Gasteiger charge is 2.23. The van der Waals surface area contributed by atoms with Crippen LogP contribution in [0.25, 0.3) is 32.6 Å². The number of thiophene rings is 1. The molecule has 0 atom stereocenters. The van der Waals surface area contributed by atoms with Crippen molar-refractivity contribution in [1.29, 1.82) is 0 Å². The molecule has 0 spiro atoms. The zero-order valence-electron chi connectivity index (χ0n) is 17.7. The Bertz CT molecular complexity index is 1480. The number of pyridine rings is 1. The van der Waals surface area contributed by atoms with Crippen LogP contribution in [0.4, 0.5) is 5.69 Å². The molecule has 2 aromatic heterocycles. The van der Waals surface area contributed by atoms with Crippen LogP contribution in [0.1, 0.15) is 15.2 Å². The minimum atomic E-state index is -0.153. The molecule has 4 nitrogen and oxygen atoms in total. The van der Waals surface area contributed by atoms with Crippen molar-refractivity contribution >= 4 is 44.6 Å². The van der Waals surface area contributed by atoms with Crippen LogP contribution in [-0.4, -0.2) is 17.9 Å². The van der Waals surface area contributed by atoms with Gasteiger partial charge in [-0.2, -0.15) is 0 Å². The summed E-state index contributed by atoms with van der Waals surface area (Å²) in [5, 5.41) is 1.32. The third-order valence-electron chi connectivity index (χ3n) is 5.48. The lowest BCUT2D eigenvalue weighted by molar-refractivity contribution is 0.104. The van der Waals surface area contributed by atoms with Gasteiger partial charge in [-0.15, -0.1) is 11.3 Å². The van der Waals surface area contributed by atoms with Crippen molar-refractivity contribution < 1.29 is 9.53 Å². The van der Waals surface area contributed by atoms with Gasteiger partial charge in [-0.05, 0) is 42.0 Å². The summed E-state index contributed by atoms with van der Waals surface area (Å²) in [6.07, 6.45) is 0. The van der Waals surface area contributed by atoms with Gasteiger partial charge in [0.25, 0.3) is 0 Å². The Balaban J connectivity index is 1.78. The molecule has 0 amide bonds. The maximum absolute atomic E-state index is 13.3. The second-order valence-corrected chi connectivity index (χ2v) is 8.92. The quantitative estimate of drug-likeness (QED) is 0.278. The number of anilines is 1. The highest BCUT2D eigenvalue weighted by molar-refractivity contribution is 7.21. The van der Waals surface area contributed by atoms with E-state index in [-0.39, 0.29) is 5.78 Å². The van der Waals surface area contributed by atoms with Crippen molar-refractivity contribution in [1.82, 2.24) is 4.98 Å². The number of nitrogens with zero attached hydrogens (tertiary/aromatic N) is 1. The zero-order valence-corrected chi connectivity index (χ0v) is 19.3. The third kappa shape index (κ3) is 3.86. The largest absolute Gasteiger partial charge is 0.496 e. The van der Waals surface area contributed by atoms with Crippen LogP contribution in [0.15, 0.2) is 84.9 Å². The molecule has 0 fully saturated rings. The van der Waals surface area contributed by atoms with Gasteiger partial charge in [0, 0.05) is 27.1 Å². The summed E-state index contributed by atoms with van der Waals surface area (Å²) in [6.45, 7) is 0. The molecule has 5 aromatic rings. The van der Waals surface area contributed by atoms with Gasteiger partial charge in [0.05, 0.1) is 18.5 Å². The SMILES string of the molecule is COc1ccccc1-c1cc(-c2ccccc2)nc2sc(C(=O)c3ccc(Cl)cc3)c(N)c12. The number of nitrogens with two attached hydrogens (primary N) is 1. The van der Waals surface area contributed by atoms with Crippen LogP contribution in [0, 0.1) is 0 Å². The van der Waals surface area contributed by atoms with E-state index in [0.29, 0.717) is 26.0 Å². The number of nitrogen functional groups attached to an aromatic ring is 1.